The van der Waals surface area contributed by atoms with Crippen molar-refractivity contribution in [3.05, 3.63) is 35.4 Å². The lowest BCUT2D eigenvalue weighted by Crippen LogP contribution is -2.70. The predicted molar refractivity (Wildman–Crippen MR) is 90.0 cm³/mol. The molecule has 1 N–H and O–H groups in total. The summed E-state index contributed by atoms with van der Waals surface area (Å²) in [7, 11) is 2.30. The first-order valence-electron chi connectivity index (χ1n) is 8.91. The first-order valence-corrected chi connectivity index (χ1v) is 8.91. The Kier molecular flexibility index (Phi) is 3.06. The molecule has 5 rings (SSSR count). The minimum absolute atomic E-state index is 0.346. The maximum atomic E-state index is 10.7. The van der Waals surface area contributed by atoms with Gasteiger partial charge < -0.3 is 5.11 Å². The van der Waals surface area contributed by atoms with Gasteiger partial charge in [-0.05, 0) is 63.6 Å². The van der Waals surface area contributed by atoms with Gasteiger partial charge in [-0.25, -0.2) is 0 Å². The summed E-state index contributed by atoms with van der Waals surface area (Å²) in [4.78, 5) is 2.61. The SMILES string of the molecule is CCC12CC3C(C(C)(C)O)CC1C(Cc1ccccc12)N3C. The summed E-state index contributed by atoms with van der Waals surface area (Å²) < 4.78 is 0. The van der Waals surface area contributed by atoms with Gasteiger partial charge in [-0.15, -0.1) is 0 Å². The molecule has 0 spiro atoms. The lowest BCUT2D eigenvalue weighted by molar-refractivity contribution is -0.148. The van der Waals surface area contributed by atoms with E-state index in [0.717, 1.165) is 0 Å². The molecule has 0 radical (unpaired) electrons. The third-order valence-electron chi connectivity index (χ3n) is 7.29. The lowest BCUT2D eigenvalue weighted by Gasteiger charge is -2.66. The Morgan fingerprint density at radius 1 is 1.27 bits per heavy atom. The van der Waals surface area contributed by atoms with Gasteiger partial charge in [0.2, 0.25) is 0 Å². The Morgan fingerprint density at radius 3 is 2.68 bits per heavy atom. The highest BCUT2D eigenvalue weighted by Crippen LogP contribution is 2.60. The predicted octanol–water partition coefficient (Wildman–Crippen LogP) is 3.37. The van der Waals surface area contributed by atoms with Crippen LogP contribution in [0.25, 0.3) is 0 Å². The second-order valence-electron chi connectivity index (χ2n) is 8.48. The summed E-state index contributed by atoms with van der Waals surface area (Å²) in [6.07, 6.45) is 4.82. The molecule has 2 aliphatic heterocycles. The zero-order valence-corrected chi connectivity index (χ0v) is 14.3. The van der Waals surface area contributed by atoms with Crippen LogP contribution in [0, 0.1) is 11.8 Å². The van der Waals surface area contributed by atoms with Crippen LogP contribution in [-0.2, 0) is 11.8 Å². The number of nitrogens with zero attached hydrogens (tertiary/aromatic N) is 1. The summed E-state index contributed by atoms with van der Waals surface area (Å²) in [6, 6.07) is 10.3. The summed E-state index contributed by atoms with van der Waals surface area (Å²) in [5, 5.41) is 10.7. The zero-order valence-electron chi connectivity index (χ0n) is 14.3. The fourth-order valence-electron chi connectivity index (χ4n) is 6.17. The van der Waals surface area contributed by atoms with Gasteiger partial charge in [0, 0.05) is 23.4 Å². The molecule has 1 aromatic rings. The van der Waals surface area contributed by atoms with Gasteiger partial charge in [-0.3, -0.25) is 4.90 Å². The van der Waals surface area contributed by atoms with Crippen molar-refractivity contribution >= 4 is 0 Å². The van der Waals surface area contributed by atoms with E-state index in [4.69, 9.17) is 0 Å². The molecule has 2 aliphatic carbocycles. The van der Waals surface area contributed by atoms with Crippen molar-refractivity contribution in [3.63, 3.8) is 0 Å². The molecule has 4 bridgehead atoms. The van der Waals surface area contributed by atoms with Gasteiger partial charge in [0.1, 0.15) is 0 Å². The van der Waals surface area contributed by atoms with Gasteiger partial charge in [0.25, 0.3) is 0 Å². The van der Waals surface area contributed by atoms with Crippen LogP contribution >= 0.6 is 0 Å². The van der Waals surface area contributed by atoms with Crippen LogP contribution < -0.4 is 0 Å². The van der Waals surface area contributed by atoms with E-state index in [9.17, 15) is 5.11 Å². The van der Waals surface area contributed by atoms with Gasteiger partial charge >= 0.3 is 0 Å². The van der Waals surface area contributed by atoms with Gasteiger partial charge in [0.15, 0.2) is 0 Å². The average molecular weight is 299 g/mol. The Bertz CT molecular complexity index is 590. The Morgan fingerprint density at radius 2 is 2.00 bits per heavy atom. The lowest BCUT2D eigenvalue weighted by atomic mass is 9.47. The molecule has 2 heteroatoms. The topological polar surface area (TPSA) is 23.5 Å². The van der Waals surface area contributed by atoms with Crippen LogP contribution in [0.15, 0.2) is 24.3 Å². The zero-order chi connectivity index (χ0) is 15.7. The number of fused-ring (bicyclic) bond motifs is 2. The smallest absolute Gasteiger partial charge is 0.0634 e. The number of piperidine rings is 2. The number of hydrogen-bond donors (Lipinski definition) is 1. The van der Waals surface area contributed by atoms with Crippen molar-refractivity contribution in [3.8, 4) is 0 Å². The van der Waals surface area contributed by atoms with E-state index in [1.54, 1.807) is 11.1 Å². The number of benzene rings is 1. The highest BCUT2D eigenvalue weighted by atomic mass is 16.3. The van der Waals surface area contributed by atoms with Gasteiger partial charge in [-0.2, -0.15) is 0 Å². The van der Waals surface area contributed by atoms with Crippen LogP contribution in [0.1, 0.15) is 51.2 Å². The van der Waals surface area contributed by atoms with Crippen molar-refractivity contribution in [2.45, 2.75) is 69.6 Å². The van der Waals surface area contributed by atoms with Crippen molar-refractivity contribution in [1.29, 1.82) is 0 Å². The van der Waals surface area contributed by atoms with E-state index < -0.39 is 5.60 Å². The molecule has 120 valence electrons. The van der Waals surface area contributed by atoms with Crippen molar-refractivity contribution in [2.75, 3.05) is 7.05 Å². The molecule has 4 aliphatic rings. The van der Waals surface area contributed by atoms with Crippen LogP contribution in [0.2, 0.25) is 0 Å². The third kappa shape index (κ3) is 1.74. The standard InChI is InChI=1S/C20H29NO/c1-5-20-12-18-15(19(2,3)22)11-16(20)17(21(18)4)10-13-8-6-7-9-14(13)20/h6-9,15-18,22H,5,10-12H2,1-4H3. The summed E-state index contributed by atoms with van der Waals surface area (Å²) >= 11 is 0. The maximum Gasteiger partial charge on any atom is 0.0634 e. The van der Waals surface area contributed by atoms with Crippen molar-refractivity contribution in [2.24, 2.45) is 11.8 Å². The van der Waals surface area contributed by atoms with E-state index >= 15 is 0 Å². The monoisotopic (exact) mass is 299 g/mol. The van der Waals surface area contributed by atoms with Crippen LogP contribution in [0.5, 0.6) is 0 Å². The van der Waals surface area contributed by atoms with Crippen LogP contribution in [0.4, 0.5) is 0 Å². The molecule has 5 atom stereocenters. The molecule has 2 nitrogen and oxygen atoms in total. The molecule has 5 unspecified atom stereocenters. The maximum absolute atomic E-state index is 10.7. The number of likely N-dealkylation sites (N-methyl/N-ethyl adjacent to an activating group) is 1. The minimum Gasteiger partial charge on any atom is -0.390 e. The average Bonchev–Trinajstić information content (AvgIpc) is 2.50. The normalized spacial score (nSPS) is 40.6. The Hall–Kier alpha value is -0.860. The molecular weight excluding hydrogens is 270 g/mol. The fraction of sp³-hybridized carbons (Fsp3) is 0.700. The molecule has 0 aromatic heterocycles. The Balaban J connectivity index is 1.84. The summed E-state index contributed by atoms with van der Waals surface area (Å²) in [5.74, 6) is 1.10. The highest BCUT2D eigenvalue weighted by Gasteiger charge is 2.61. The van der Waals surface area contributed by atoms with E-state index in [0.29, 0.717) is 29.3 Å². The molecule has 1 saturated carbocycles. The molecule has 2 heterocycles. The van der Waals surface area contributed by atoms with E-state index in [-0.39, 0.29) is 0 Å². The molecule has 2 saturated heterocycles. The number of hydrogen-bond acceptors (Lipinski definition) is 2. The van der Waals surface area contributed by atoms with Crippen molar-refractivity contribution in [1.82, 2.24) is 4.90 Å². The fourth-order valence-corrected chi connectivity index (χ4v) is 6.17. The van der Waals surface area contributed by atoms with E-state index in [2.05, 4.69) is 43.1 Å². The minimum atomic E-state index is -0.569. The highest BCUT2D eigenvalue weighted by molar-refractivity contribution is 5.42. The van der Waals surface area contributed by atoms with E-state index in [1.807, 2.05) is 13.8 Å². The number of rotatable bonds is 2. The first-order chi connectivity index (χ1) is 10.4. The van der Waals surface area contributed by atoms with Crippen molar-refractivity contribution < 1.29 is 5.11 Å². The molecule has 22 heavy (non-hydrogen) atoms. The summed E-state index contributed by atoms with van der Waals surface area (Å²) in [6.45, 7) is 6.39. The summed E-state index contributed by atoms with van der Waals surface area (Å²) in [5.41, 5.74) is 2.96. The third-order valence-corrected chi connectivity index (χ3v) is 7.29. The molecular formula is C20H29NO. The quantitative estimate of drug-likeness (QED) is 0.905. The molecule has 3 fully saturated rings. The Labute approximate surface area is 134 Å². The largest absolute Gasteiger partial charge is 0.390 e. The molecule has 1 aromatic carbocycles. The van der Waals surface area contributed by atoms with Crippen LogP contribution in [-0.4, -0.2) is 34.7 Å². The molecule has 0 amide bonds. The second-order valence-corrected chi connectivity index (χ2v) is 8.48. The van der Waals surface area contributed by atoms with E-state index in [1.165, 1.54) is 25.7 Å². The van der Waals surface area contributed by atoms with Gasteiger partial charge in [-0.1, -0.05) is 31.2 Å². The van der Waals surface area contributed by atoms with Crippen LogP contribution in [0.3, 0.4) is 0 Å². The van der Waals surface area contributed by atoms with Gasteiger partial charge in [0.05, 0.1) is 5.60 Å². The number of aliphatic hydroxyl groups is 1. The first kappa shape index (κ1) is 14.7. The second kappa shape index (κ2) is 4.58.